The molecular formula is C92H102N12O10. The lowest BCUT2D eigenvalue weighted by atomic mass is 9.79. The van der Waals surface area contributed by atoms with Crippen molar-refractivity contribution >= 4 is 12.1 Å². The van der Waals surface area contributed by atoms with Crippen LogP contribution in [-0.4, -0.2) is 203 Å². The van der Waals surface area contributed by atoms with Gasteiger partial charge >= 0.3 is 12.1 Å². The molecule has 0 saturated carbocycles. The minimum Gasteiger partial charge on any atom is -0.491 e. The van der Waals surface area contributed by atoms with E-state index in [1.165, 1.54) is 22.3 Å². The molecule has 114 heavy (non-hydrogen) atoms. The minimum atomic E-state index is -1.48. The van der Waals surface area contributed by atoms with Crippen LogP contribution in [0.2, 0.25) is 0 Å². The van der Waals surface area contributed by atoms with Gasteiger partial charge < -0.3 is 37.9 Å². The van der Waals surface area contributed by atoms with Crippen molar-refractivity contribution in [2.45, 2.75) is 89.4 Å². The Morgan fingerprint density at radius 1 is 0.307 bits per heavy atom. The third-order valence-corrected chi connectivity index (χ3v) is 22.7. The molecule has 2 fully saturated rings. The van der Waals surface area contributed by atoms with Gasteiger partial charge in [-0.25, -0.2) is 9.59 Å². The Bertz CT molecular complexity index is 4280. The molecule has 22 heteroatoms. The summed E-state index contributed by atoms with van der Waals surface area (Å²) in [5, 5.41) is 0. The number of ether oxygens (including phenoxy) is 8. The molecule has 0 atom stereocenters. The van der Waals surface area contributed by atoms with Crippen molar-refractivity contribution in [1.82, 2.24) is 59.1 Å². The zero-order valence-electron chi connectivity index (χ0n) is 65.0. The van der Waals surface area contributed by atoms with Crippen LogP contribution in [0.25, 0.3) is 0 Å². The SMILES string of the molecule is O=C1N2Cc3c4ccc5c3CN3C(=O)N6Cc7c(ccc(c7CN1C6(c1ccccc1)C23c1ccccc1)OCCOCCN(Cc1cccc(CN(CCc2ccccn2)CCc2ccccn2)c1)CCOCCO4)OCCOCCN(Cc1cccc(CN(CCc2ccccn2)CCc2ccccn2)c1)CCOCCO5. The quantitative estimate of drug-likeness (QED) is 0.0623. The second kappa shape index (κ2) is 37.5. The van der Waals surface area contributed by atoms with E-state index in [4.69, 9.17) is 37.9 Å². The summed E-state index contributed by atoms with van der Waals surface area (Å²) in [6.07, 6.45) is 10.9. The van der Waals surface area contributed by atoms with Crippen LogP contribution < -0.4 is 18.9 Å². The summed E-state index contributed by atoms with van der Waals surface area (Å²) in [6.45, 7) is 13.0. The second-order valence-corrected chi connectivity index (χ2v) is 29.9. The van der Waals surface area contributed by atoms with E-state index in [-0.39, 0.29) is 64.7 Å². The Balaban J connectivity index is 0.690. The molecule has 2 saturated heterocycles. The molecule has 16 rings (SSSR count). The summed E-state index contributed by atoms with van der Waals surface area (Å²) in [7, 11) is 0. The molecule has 6 aliphatic heterocycles. The monoisotopic (exact) mass is 1530 g/mol. The number of carbonyl (C=O) groups is 2. The van der Waals surface area contributed by atoms with Crippen LogP contribution in [-0.2, 0) is 108 Å². The normalized spacial score (nSPS) is 19.4. The molecule has 0 aliphatic carbocycles. The zero-order valence-corrected chi connectivity index (χ0v) is 65.0. The number of hydrogen-bond donors (Lipinski definition) is 0. The van der Waals surface area contributed by atoms with Gasteiger partial charge in [0.15, 0.2) is 11.3 Å². The predicted molar refractivity (Wildman–Crippen MR) is 433 cm³/mol. The number of urea groups is 2. The smallest absolute Gasteiger partial charge is 0.325 e. The number of rotatable bonds is 22. The van der Waals surface area contributed by atoms with Crippen LogP contribution in [0.5, 0.6) is 23.0 Å². The molecule has 590 valence electrons. The third kappa shape index (κ3) is 17.7. The van der Waals surface area contributed by atoms with Crippen molar-refractivity contribution in [2.75, 3.05) is 132 Å². The number of amides is 4. The van der Waals surface area contributed by atoms with Gasteiger partial charge in [-0.05, 0) is 95.1 Å². The molecule has 0 radical (unpaired) electrons. The van der Waals surface area contributed by atoms with Gasteiger partial charge in [-0.1, -0.05) is 133 Å². The van der Waals surface area contributed by atoms with Crippen LogP contribution in [0.15, 0.2) is 231 Å². The topological polar surface area (TPSA) is 185 Å². The Kier molecular flexibility index (Phi) is 25.4. The highest BCUT2D eigenvalue weighted by Gasteiger charge is 2.81. The first kappa shape index (κ1) is 77.3. The van der Waals surface area contributed by atoms with Crippen LogP contribution in [0.1, 0.15) is 78.4 Å². The van der Waals surface area contributed by atoms with Crippen molar-refractivity contribution in [1.29, 1.82) is 0 Å². The summed E-state index contributed by atoms with van der Waals surface area (Å²) in [6, 6.07) is 69.7. The van der Waals surface area contributed by atoms with Gasteiger partial charge in [-0.3, -0.25) is 59.1 Å². The van der Waals surface area contributed by atoms with Crippen molar-refractivity contribution in [2.24, 2.45) is 0 Å². The fraction of sp³-hybridized carbons (Fsp3) is 0.370. The Labute approximate surface area is 668 Å². The summed E-state index contributed by atoms with van der Waals surface area (Å²) < 4.78 is 53.8. The number of hydrogen-bond acceptors (Lipinski definition) is 18. The molecule has 10 heterocycles. The van der Waals surface area contributed by atoms with E-state index in [0.717, 1.165) is 121 Å². The molecule has 6 aliphatic rings. The highest BCUT2D eigenvalue weighted by molar-refractivity contribution is 5.91. The van der Waals surface area contributed by atoms with Crippen LogP contribution in [0.4, 0.5) is 9.59 Å². The molecule has 22 nitrogen and oxygen atoms in total. The summed E-state index contributed by atoms with van der Waals surface area (Å²) in [5.41, 5.74) is 10.7. The van der Waals surface area contributed by atoms with Gasteiger partial charge in [-0.15, -0.1) is 0 Å². The minimum absolute atomic E-state index is 0.0613. The maximum atomic E-state index is 16.8. The lowest BCUT2D eigenvalue weighted by Crippen LogP contribution is -2.62. The Morgan fingerprint density at radius 2 is 0.596 bits per heavy atom. The first-order valence-corrected chi connectivity index (χ1v) is 40.4. The lowest BCUT2D eigenvalue weighted by molar-refractivity contribution is -0.0796. The fourth-order valence-corrected chi connectivity index (χ4v) is 17.2. The molecule has 4 aromatic heterocycles. The molecule has 0 unspecified atom stereocenters. The first-order chi connectivity index (χ1) is 56.3. The van der Waals surface area contributed by atoms with Crippen LogP contribution >= 0.6 is 0 Å². The lowest BCUT2D eigenvalue weighted by Gasteiger charge is -2.49. The molecule has 4 amide bonds. The molecule has 0 spiro atoms. The average Bonchev–Trinajstić information content (AvgIpc) is 1.47. The highest BCUT2D eigenvalue weighted by atomic mass is 16.5. The zero-order chi connectivity index (χ0) is 77.1. The van der Waals surface area contributed by atoms with Crippen molar-refractivity contribution in [3.63, 3.8) is 0 Å². The maximum absolute atomic E-state index is 16.8. The largest absolute Gasteiger partial charge is 0.491 e. The standard InChI is InChI=1S/C92H102N12O10/c105-89-101-67-81-82-68-102-90(106)104-70-84-83(69-103(89)92(104,76-23-5-2-6-24-76)91(101,102)75-21-3-1-4-22-75)87-31-32-88(84)114-60-56-110-52-48-100(66-74-20-16-18-72(62-74)64-98(43-35-79-27-9-13-39-95-79)44-36-80-28-10-14-40-96-80)46-50-108-54-58-112-86(82)30-29-85(81)111-57-53-107-49-45-99(47-51-109-55-59-113-87)65-73-19-15-17-71(61-73)63-97(41-33-77-25-7-11-37-93-77)42-34-78-26-8-12-38-94-78/h1-32,37-40,61-62H,33-36,41-60,63-70H2. The van der Waals surface area contributed by atoms with Gasteiger partial charge in [0.25, 0.3) is 0 Å². The second-order valence-electron chi connectivity index (χ2n) is 29.9. The van der Waals surface area contributed by atoms with Crippen molar-refractivity contribution in [3.8, 4) is 23.0 Å². The van der Waals surface area contributed by atoms with Crippen molar-refractivity contribution in [3.05, 3.63) is 309 Å². The molecule has 8 bridgehead atoms. The van der Waals surface area contributed by atoms with Gasteiger partial charge in [-0.2, -0.15) is 0 Å². The molecule has 0 N–H and O–H groups in total. The van der Waals surface area contributed by atoms with E-state index in [9.17, 15) is 0 Å². The van der Waals surface area contributed by atoms with E-state index in [0.29, 0.717) is 115 Å². The van der Waals surface area contributed by atoms with Gasteiger partial charge in [0, 0.05) is 185 Å². The Morgan fingerprint density at radius 3 is 0.886 bits per heavy atom. The number of carbonyl (C=O) groups excluding carboxylic acids is 2. The number of aromatic nitrogens is 4. The van der Waals surface area contributed by atoms with E-state index in [1.54, 1.807) is 0 Å². The van der Waals surface area contributed by atoms with Crippen LogP contribution in [0, 0.1) is 0 Å². The van der Waals surface area contributed by atoms with E-state index < -0.39 is 11.3 Å². The van der Waals surface area contributed by atoms with Gasteiger partial charge in [0.2, 0.25) is 0 Å². The van der Waals surface area contributed by atoms with Gasteiger partial charge in [0.05, 0.1) is 79.0 Å². The van der Waals surface area contributed by atoms with Crippen molar-refractivity contribution < 1.29 is 47.5 Å². The third-order valence-electron chi connectivity index (χ3n) is 22.7. The molecule has 6 aromatic carbocycles. The first-order valence-electron chi connectivity index (χ1n) is 40.4. The highest BCUT2D eigenvalue weighted by Crippen LogP contribution is 2.66. The van der Waals surface area contributed by atoms with E-state index in [1.807, 2.05) is 129 Å². The van der Waals surface area contributed by atoms with Gasteiger partial charge in [0.1, 0.15) is 49.4 Å². The van der Waals surface area contributed by atoms with E-state index in [2.05, 4.69) is 161 Å². The fourth-order valence-electron chi connectivity index (χ4n) is 17.2. The number of benzene rings is 6. The summed E-state index contributed by atoms with van der Waals surface area (Å²) >= 11 is 0. The van der Waals surface area contributed by atoms with Crippen LogP contribution in [0.3, 0.4) is 0 Å². The average molecular weight is 1540 g/mol. The summed E-state index contributed by atoms with van der Waals surface area (Å²) in [5.74, 6) is 2.28. The number of pyridine rings is 4. The number of nitrogens with zero attached hydrogens (tertiary/aromatic N) is 12. The predicted octanol–water partition coefficient (Wildman–Crippen LogP) is 12.4. The van der Waals surface area contributed by atoms with E-state index >= 15 is 9.59 Å². The maximum Gasteiger partial charge on any atom is 0.325 e. The Hall–Kier alpha value is -10.7. The molecular weight excluding hydrogens is 1430 g/mol. The summed E-state index contributed by atoms with van der Waals surface area (Å²) in [4.78, 5) is 69.6. The molecule has 10 aromatic rings.